The first kappa shape index (κ1) is 36.2. The maximum Gasteiger partial charge on any atom is 0.317 e. The molecule has 55 heavy (non-hydrogen) atoms. The van der Waals surface area contributed by atoms with Crippen molar-refractivity contribution in [1.82, 2.24) is 44.3 Å². The highest BCUT2D eigenvalue weighted by atomic mass is 16.2. The minimum atomic E-state index is -0.0113. The molecule has 2 saturated carbocycles. The van der Waals surface area contributed by atoms with E-state index in [0.717, 1.165) is 96.8 Å². The summed E-state index contributed by atoms with van der Waals surface area (Å²) < 4.78 is 3.62. The van der Waals surface area contributed by atoms with Crippen LogP contribution in [0.3, 0.4) is 0 Å². The molecule has 3 fully saturated rings. The molecule has 5 heterocycles. The molecule has 0 radical (unpaired) electrons. The topological polar surface area (TPSA) is 156 Å². The lowest BCUT2D eigenvalue weighted by Gasteiger charge is -2.32. The smallest absolute Gasteiger partial charge is 0.317 e. The Hall–Kier alpha value is -5.79. The van der Waals surface area contributed by atoms with E-state index in [1.807, 2.05) is 94.3 Å². The van der Waals surface area contributed by atoms with Crippen LogP contribution >= 0.6 is 0 Å². The third-order valence-corrected chi connectivity index (χ3v) is 10.5. The van der Waals surface area contributed by atoms with Crippen LogP contribution in [-0.4, -0.2) is 89.8 Å². The lowest BCUT2D eigenvalue weighted by Crippen LogP contribution is -2.50. The second-order valence-electron chi connectivity index (χ2n) is 14.8. The van der Waals surface area contributed by atoms with E-state index >= 15 is 0 Å². The molecule has 2 aromatic carbocycles. The summed E-state index contributed by atoms with van der Waals surface area (Å²) in [6, 6.07) is 27.9. The Morgan fingerprint density at radius 3 is 1.58 bits per heavy atom. The van der Waals surface area contributed by atoms with Gasteiger partial charge in [0, 0.05) is 62.2 Å². The number of pyridine rings is 2. The summed E-state index contributed by atoms with van der Waals surface area (Å²) in [5.41, 5.74) is 13.2. The monoisotopic (exact) mass is 738 g/mol. The van der Waals surface area contributed by atoms with Crippen LogP contribution in [-0.2, 0) is 35.5 Å². The van der Waals surface area contributed by atoms with E-state index in [9.17, 15) is 14.4 Å². The van der Waals surface area contributed by atoms with Crippen molar-refractivity contribution in [3.8, 4) is 22.5 Å². The summed E-state index contributed by atoms with van der Waals surface area (Å²) in [5, 5.41) is 12.2. The lowest BCUT2D eigenvalue weighted by atomic mass is 10.1. The predicted molar refractivity (Wildman–Crippen MR) is 209 cm³/mol. The second kappa shape index (κ2) is 15.9. The van der Waals surface area contributed by atoms with Crippen LogP contribution in [0.25, 0.3) is 33.8 Å². The van der Waals surface area contributed by atoms with Gasteiger partial charge in [0.2, 0.25) is 0 Å². The van der Waals surface area contributed by atoms with Crippen molar-refractivity contribution in [2.24, 2.45) is 17.6 Å². The van der Waals surface area contributed by atoms with Gasteiger partial charge in [0.1, 0.15) is 11.6 Å². The van der Waals surface area contributed by atoms with E-state index in [1.165, 1.54) is 0 Å². The number of nitrogens with two attached hydrogens (primary N) is 1. The molecule has 1 aliphatic heterocycles. The molecule has 282 valence electrons. The number of hydrogen-bond donors (Lipinski definition) is 2. The molecular formula is C42H46N10O3. The molecule has 0 unspecified atom stereocenters. The molecule has 13 heteroatoms. The number of likely N-dealkylation sites (N-methyl/N-ethyl adjacent to an activating group) is 1. The Labute approximate surface area is 319 Å². The lowest BCUT2D eigenvalue weighted by molar-refractivity contribution is -0.120. The number of carbonyl (C=O) groups excluding carboxylic acids is 3. The highest BCUT2D eigenvalue weighted by Crippen LogP contribution is 2.32. The van der Waals surface area contributed by atoms with Crippen LogP contribution in [0.2, 0.25) is 0 Å². The summed E-state index contributed by atoms with van der Waals surface area (Å²) >= 11 is 0. The van der Waals surface area contributed by atoms with Gasteiger partial charge in [-0.15, -0.1) is 0 Å². The average molecular weight is 739 g/mol. The zero-order valence-electron chi connectivity index (χ0n) is 31.1. The number of benzene rings is 2. The van der Waals surface area contributed by atoms with Crippen molar-refractivity contribution >= 4 is 28.9 Å². The van der Waals surface area contributed by atoms with E-state index < -0.39 is 0 Å². The third-order valence-electron chi connectivity index (χ3n) is 10.5. The standard InChI is InChI=1S/C24H28N6O2.C18H18N4O/c1-28-11-13-29(14-12-28)24(32)25-16-17-5-7-18(8-6-17)20-3-2-4-23-26-22(27-30(20)23)15-21(31)19-9-10-19;19-11-12-4-6-13(7-5-12)15-2-1-3-18-20-17(21-22(15)18)10-16(23)14-8-9-14/h2-8,19H,9-16H2,1H3,(H,25,32);1-7,14H,8-11,19H2. The summed E-state index contributed by atoms with van der Waals surface area (Å²) in [7, 11) is 2.07. The third kappa shape index (κ3) is 8.63. The van der Waals surface area contributed by atoms with Crippen molar-refractivity contribution in [3.05, 3.63) is 108 Å². The van der Waals surface area contributed by atoms with E-state index in [4.69, 9.17) is 5.73 Å². The number of amides is 2. The number of piperazine rings is 1. The SMILES string of the molecule is CN1CCN(C(=O)NCc2ccc(-c3cccc4nc(CC(=O)C5CC5)nn34)cc2)CC1.NCc1ccc(-c2cccc3nc(CC(=O)C4CC4)nn23)cc1. The van der Waals surface area contributed by atoms with Gasteiger partial charge in [-0.2, -0.15) is 10.2 Å². The average Bonchev–Trinajstić information content (AvgIpc) is 4.15. The van der Waals surface area contributed by atoms with Crippen molar-refractivity contribution in [2.75, 3.05) is 33.2 Å². The molecule has 0 spiro atoms. The Balaban J connectivity index is 0.000000164. The maximum absolute atomic E-state index is 12.4. The summed E-state index contributed by atoms with van der Waals surface area (Å²) in [4.78, 5) is 49.6. The maximum atomic E-state index is 12.4. The minimum Gasteiger partial charge on any atom is -0.334 e. The Morgan fingerprint density at radius 2 is 1.13 bits per heavy atom. The fourth-order valence-corrected chi connectivity index (χ4v) is 6.80. The summed E-state index contributed by atoms with van der Waals surface area (Å²) in [5.74, 6) is 2.14. The number of urea groups is 1. The predicted octanol–water partition coefficient (Wildman–Crippen LogP) is 4.75. The van der Waals surface area contributed by atoms with Gasteiger partial charge in [0.15, 0.2) is 22.9 Å². The second-order valence-corrected chi connectivity index (χ2v) is 14.8. The van der Waals surface area contributed by atoms with Gasteiger partial charge >= 0.3 is 6.03 Å². The van der Waals surface area contributed by atoms with Crippen LogP contribution in [0.15, 0.2) is 84.9 Å². The number of rotatable bonds is 11. The number of Topliss-reactive ketones (excluding diaryl/α,β-unsaturated/α-hetero) is 2. The number of ketones is 2. The molecular weight excluding hydrogens is 693 g/mol. The molecule has 3 aliphatic rings. The summed E-state index contributed by atoms with van der Waals surface area (Å²) in [6.07, 6.45) is 4.67. The molecule has 9 rings (SSSR count). The number of nitrogens with one attached hydrogen (secondary N) is 1. The van der Waals surface area contributed by atoms with E-state index in [1.54, 1.807) is 4.52 Å². The van der Waals surface area contributed by atoms with Gasteiger partial charge in [-0.1, -0.05) is 60.7 Å². The first-order valence-electron chi connectivity index (χ1n) is 19.2. The molecule has 3 N–H and O–H groups in total. The molecule has 2 amide bonds. The fourth-order valence-electron chi connectivity index (χ4n) is 6.80. The normalized spacial score (nSPS) is 15.9. The Kier molecular flexibility index (Phi) is 10.5. The number of carbonyl (C=O) groups is 3. The van der Waals surface area contributed by atoms with Gasteiger partial charge in [0.25, 0.3) is 0 Å². The van der Waals surface area contributed by atoms with Gasteiger partial charge in [-0.3, -0.25) is 9.59 Å². The van der Waals surface area contributed by atoms with Gasteiger partial charge in [-0.05, 0) is 68.1 Å². The molecule has 0 atom stereocenters. The molecule has 0 bridgehead atoms. The van der Waals surface area contributed by atoms with Crippen molar-refractivity contribution in [3.63, 3.8) is 0 Å². The van der Waals surface area contributed by atoms with Gasteiger partial charge in [-0.25, -0.2) is 23.8 Å². The first-order chi connectivity index (χ1) is 26.8. The van der Waals surface area contributed by atoms with Crippen molar-refractivity contribution < 1.29 is 14.4 Å². The molecule has 13 nitrogen and oxygen atoms in total. The van der Waals surface area contributed by atoms with Gasteiger partial charge in [0.05, 0.1) is 24.2 Å². The van der Waals surface area contributed by atoms with Gasteiger partial charge < -0.3 is 20.9 Å². The fraction of sp³-hybridized carbons (Fsp3) is 0.357. The Bertz CT molecular complexity index is 2320. The number of hydrogen-bond acceptors (Lipinski definition) is 9. The number of nitrogens with zero attached hydrogens (tertiary/aromatic N) is 8. The van der Waals surface area contributed by atoms with E-state index in [-0.39, 0.29) is 29.4 Å². The quantitative estimate of drug-likeness (QED) is 0.192. The summed E-state index contributed by atoms with van der Waals surface area (Å²) in [6.45, 7) is 4.36. The molecule has 4 aromatic heterocycles. The molecule has 2 aliphatic carbocycles. The highest BCUT2D eigenvalue weighted by Gasteiger charge is 2.31. The van der Waals surface area contributed by atoms with E-state index in [0.29, 0.717) is 37.6 Å². The number of aromatic nitrogens is 6. The zero-order valence-corrected chi connectivity index (χ0v) is 31.1. The first-order valence-corrected chi connectivity index (χ1v) is 19.2. The van der Waals surface area contributed by atoms with Crippen LogP contribution in [0, 0.1) is 11.8 Å². The molecule has 6 aromatic rings. The zero-order chi connectivity index (χ0) is 37.9. The Morgan fingerprint density at radius 1 is 0.655 bits per heavy atom. The van der Waals surface area contributed by atoms with Crippen LogP contribution in [0.5, 0.6) is 0 Å². The largest absolute Gasteiger partial charge is 0.334 e. The van der Waals surface area contributed by atoms with Crippen LogP contribution in [0.1, 0.15) is 48.5 Å². The minimum absolute atomic E-state index is 0.0113. The van der Waals surface area contributed by atoms with Crippen LogP contribution < -0.4 is 11.1 Å². The van der Waals surface area contributed by atoms with E-state index in [2.05, 4.69) is 37.4 Å². The van der Waals surface area contributed by atoms with Crippen molar-refractivity contribution in [1.29, 1.82) is 0 Å². The number of fused-ring (bicyclic) bond motifs is 2. The molecule has 1 saturated heterocycles. The highest BCUT2D eigenvalue weighted by molar-refractivity contribution is 5.85. The van der Waals surface area contributed by atoms with Crippen molar-refractivity contribution in [2.45, 2.75) is 51.6 Å². The van der Waals surface area contributed by atoms with Crippen LogP contribution in [0.4, 0.5) is 4.79 Å².